The van der Waals surface area contributed by atoms with E-state index >= 15 is 0 Å². The Morgan fingerprint density at radius 1 is 0.850 bits per heavy atom. The molecule has 6 N–H and O–H groups in total. The van der Waals surface area contributed by atoms with E-state index in [9.17, 15) is 24.5 Å². The summed E-state index contributed by atoms with van der Waals surface area (Å²) >= 11 is 0. The number of aliphatic hydroxyl groups excluding tert-OH is 2. The van der Waals surface area contributed by atoms with Gasteiger partial charge in [-0.3, -0.25) is 13.8 Å². The Labute approximate surface area is 244 Å². The second kappa shape index (κ2) is 27.1. The summed E-state index contributed by atoms with van der Waals surface area (Å²) in [6.45, 7) is 3.87. The summed E-state index contributed by atoms with van der Waals surface area (Å²) in [5.74, 6) is -0.453. The lowest BCUT2D eigenvalue weighted by molar-refractivity contribution is -0.124. The van der Waals surface area contributed by atoms with Crippen LogP contribution >= 0.6 is 7.82 Å². The number of hydrogen-bond acceptors (Lipinski definition) is 7. The Bertz CT molecular complexity index is 666. The first-order chi connectivity index (χ1) is 19.3. The largest absolute Gasteiger partial charge is 0.472 e. The van der Waals surface area contributed by atoms with Crippen molar-refractivity contribution >= 4 is 13.7 Å². The third-order valence-corrected chi connectivity index (χ3v) is 7.90. The average Bonchev–Trinajstić information content (AvgIpc) is 2.92. The van der Waals surface area contributed by atoms with E-state index in [2.05, 4.69) is 19.2 Å². The van der Waals surface area contributed by atoms with Gasteiger partial charge in [0.1, 0.15) is 0 Å². The zero-order valence-corrected chi connectivity index (χ0v) is 26.3. The predicted octanol–water partition coefficient (Wildman–Crippen LogP) is 6.29. The van der Waals surface area contributed by atoms with Crippen molar-refractivity contribution in [2.75, 3.05) is 19.8 Å². The number of unbranched alkanes of at least 4 members (excludes halogenated alkanes) is 15. The zero-order chi connectivity index (χ0) is 29.9. The molecule has 0 saturated carbocycles. The molecular formula is C30H61N2O7P. The van der Waals surface area contributed by atoms with Crippen LogP contribution in [0.5, 0.6) is 0 Å². The predicted molar refractivity (Wildman–Crippen MR) is 163 cm³/mol. The van der Waals surface area contributed by atoms with Crippen molar-refractivity contribution in [3.63, 3.8) is 0 Å². The summed E-state index contributed by atoms with van der Waals surface area (Å²) in [7, 11) is -4.38. The summed E-state index contributed by atoms with van der Waals surface area (Å²) in [4.78, 5) is 22.4. The first kappa shape index (κ1) is 39.2. The Balaban J connectivity index is 4.60. The first-order valence-electron chi connectivity index (χ1n) is 15.9. The van der Waals surface area contributed by atoms with Gasteiger partial charge in [-0.2, -0.15) is 0 Å². The maximum atomic E-state index is 12.6. The molecule has 4 atom stereocenters. The van der Waals surface area contributed by atoms with Gasteiger partial charge in [-0.1, -0.05) is 122 Å². The molecule has 0 bridgehead atoms. The number of amides is 1. The second-order valence-electron chi connectivity index (χ2n) is 10.9. The number of rotatable bonds is 29. The van der Waals surface area contributed by atoms with Crippen LogP contribution in [0.25, 0.3) is 0 Å². The van der Waals surface area contributed by atoms with E-state index < -0.39 is 38.6 Å². The molecule has 40 heavy (non-hydrogen) atoms. The lowest BCUT2D eigenvalue weighted by atomic mass is 10.0. The van der Waals surface area contributed by atoms with Crippen LogP contribution in [0, 0.1) is 0 Å². The van der Waals surface area contributed by atoms with Crippen LogP contribution in [0.1, 0.15) is 136 Å². The van der Waals surface area contributed by atoms with Crippen molar-refractivity contribution in [1.29, 1.82) is 0 Å². The molecule has 0 fully saturated rings. The number of carbonyl (C=O) groups is 1. The van der Waals surface area contributed by atoms with Crippen LogP contribution < -0.4 is 11.1 Å². The Morgan fingerprint density at radius 3 is 1.93 bits per heavy atom. The van der Waals surface area contributed by atoms with Crippen molar-refractivity contribution in [2.45, 2.75) is 154 Å². The molecule has 0 rings (SSSR count). The van der Waals surface area contributed by atoms with Gasteiger partial charge < -0.3 is 26.2 Å². The van der Waals surface area contributed by atoms with Gasteiger partial charge >= 0.3 is 7.82 Å². The van der Waals surface area contributed by atoms with Gasteiger partial charge in [-0.15, -0.1) is 0 Å². The topological polar surface area (TPSA) is 151 Å². The molecule has 0 aromatic heterocycles. The van der Waals surface area contributed by atoms with Gasteiger partial charge in [0.05, 0.1) is 37.9 Å². The Morgan fingerprint density at radius 2 is 1.38 bits per heavy atom. The zero-order valence-electron chi connectivity index (χ0n) is 25.4. The molecule has 0 saturated heterocycles. The molecule has 1 amide bonds. The molecule has 0 aliphatic carbocycles. The fourth-order valence-electron chi connectivity index (χ4n) is 4.47. The van der Waals surface area contributed by atoms with E-state index in [1.807, 2.05) is 6.08 Å². The van der Waals surface area contributed by atoms with Gasteiger partial charge in [-0.25, -0.2) is 4.57 Å². The van der Waals surface area contributed by atoms with Crippen molar-refractivity contribution < 1.29 is 33.5 Å². The lowest BCUT2D eigenvalue weighted by Gasteiger charge is -2.24. The molecule has 0 aliphatic heterocycles. The van der Waals surface area contributed by atoms with E-state index in [0.717, 1.165) is 38.5 Å². The van der Waals surface area contributed by atoms with Gasteiger partial charge in [0.25, 0.3) is 0 Å². The van der Waals surface area contributed by atoms with E-state index in [1.54, 1.807) is 6.08 Å². The number of nitrogens with two attached hydrogens (primary N) is 1. The summed E-state index contributed by atoms with van der Waals surface area (Å²) in [5.41, 5.74) is 5.31. The minimum atomic E-state index is -4.38. The summed E-state index contributed by atoms with van der Waals surface area (Å²) in [5, 5.41) is 23.6. The number of aliphatic hydroxyl groups is 2. The normalized spacial score (nSPS) is 15.7. The average molecular weight is 593 g/mol. The monoisotopic (exact) mass is 592 g/mol. The van der Waals surface area contributed by atoms with Crippen molar-refractivity contribution in [2.24, 2.45) is 5.73 Å². The highest BCUT2D eigenvalue weighted by Crippen LogP contribution is 2.43. The maximum absolute atomic E-state index is 12.6. The van der Waals surface area contributed by atoms with Gasteiger partial charge in [0.2, 0.25) is 5.91 Å². The fraction of sp³-hybridized carbons (Fsp3) is 0.900. The van der Waals surface area contributed by atoms with Crippen LogP contribution in [0.3, 0.4) is 0 Å². The fourth-order valence-corrected chi connectivity index (χ4v) is 5.23. The van der Waals surface area contributed by atoms with E-state index in [0.29, 0.717) is 6.42 Å². The minimum absolute atomic E-state index is 0.0505. The highest BCUT2D eigenvalue weighted by molar-refractivity contribution is 7.47. The molecule has 0 aliphatic rings. The van der Waals surface area contributed by atoms with Crippen LogP contribution in [0.15, 0.2) is 12.2 Å². The minimum Gasteiger partial charge on any atom is -0.393 e. The molecular weight excluding hydrogens is 531 g/mol. The van der Waals surface area contributed by atoms with E-state index in [4.69, 9.17) is 14.8 Å². The quantitative estimate of drug-likeness (QED) is 0.0386. The molecule has 0 spiro atoms. The van der Waals surface area contributed by atoms with Crippen LogP contribution in [0.4, 0.5) is 0 Å². The molecule has 0 heterocycles. The Hall–Kier alpha value is -0.800. The van der Waals surface area contributed by atoms with Crippen molar-refractivity contribution in [3.8, 4) is 0 Å². The van der Waals surface area contributed by atoms with E-state index in [1.165, 1.54) is 70.6 Å². The van der Waals surface area contributed by atoms with E-state index in [-0.39, 0.29) is 19.6 Å². The number of phosphoric ester groups is 1. The number of allylic oxidation sites excluding steroid dienone is 1. The molecule has 0 aromatic rings. The summed E-state index contributed by atoms with van der Waals surface area (Å²) < 4.78 is 21.8. The standard InChI is InChI=1S/C30H61N2O7P/c1-3-5-7-9-11-12-13-14-16-18-20-22-29(34)28(26-39-40(36,37)38-24-23-31)32-30(35)25-27(33)21-19-17-15-10-8-6-4-2/h20,22,27-29,33-34H,3-19,21,23-26,31H2,1-2H3,(H,32,35)(H,36,37)/b22-20+. The van der Waals surface area contributed by atoms with Gasteiger partial charge in [-0.05, 0) is 19.3 Å². The molecule has 9 nitrogen and oxygen atoms in total. The number of carbonyl (C=O) groups excluding carboxylic acids is 1. The number of phosphoric acid groups is 1. The molecule has 4 unspecified atom stereocenters. The number of nitrogens with one attached hydrogen (secondary N) is 1. The van der Waals surface area contributed by atoms with Crippen LogP contribution in [-0.2, 0) is 18.4 Å². The maximum Gasteiger partial charge on any atom is 0.472 e. The van der Waals surface area contributed by atoms with Crippen LogP contribution in [-0.4, -0.2) is 59.0 Å². The first-order valence-corrected chi connectivity index (χ1v) is 17.4. The number of hydrogen-bond donors (Lipinski definition) is 5. The smallest absolute Gasteiger partial charge is 0.393 e. The summed E-state index contributed by atoms with van der Waals surface area (Å²) in [6.07, 6.45) is 21.7. The van der Waals surface area contributed by atoms with Crippen molar-refractivity contribution in [1.82, 2.24) is 5.32 Å². The SMILES string of the molecule is CCCCCCCCCCC/C=C/C(O)C(COP(=O)(O)OCCN)NC(=O)CC(O)CCCCCCCCC. The summed E-state index contributed by atoms with van der Waals surface area (Å²) in [6, 6.07) is -0.973. The third kappa shape index (κ3) is 25.0. The van der Waals surface area contributed by atoms with Gasteiger partial charge in [0, 0.05) is 6.54 Å². The highest BCUT2D eigenvalue weighted by atomic mass is 31.2. The third-order valence-electron chi connectivity index (χ3n) is 6.92. The highest BCUT2D eigenvalue weighted by Gasteiger charge is 2.27. The Kier molecular flexibility index (Phi) is 26.5. The molecule has 10 heteroatoms. The molecule has 0 aromatic carbocycles. The van der Waals surface area contributed by atoms with Crippen molar-refractivity contribution in [3.05, 3.63) is 12.2 Å². The lowest BCUT2D eigenvalue weighted by Crippen LogP contribution is -2.46. The second-order valence-corrected chi connectivity index (χ2v) is 12.3. The molecule has 0 radical (unpaired) electrons. The van der Waals surface area contributed by atoms with Gasteiger partial charge in [0.15, 0.2) is 0 Å². The molecule has 238 valence electrons. The van der Waals surface area contributed by atoms with Crippen LogP contribution in [0.2, 0.25) is 0 Å².